The van der Waals surface area contributed by atoms with Gasteiger partial charge in [-0.05, 0) is 25.8 Å². The molecule has 0 atom stereocenters. The minimum absolute atomic E-state index is 0.555. The number of guanidine groups is 1. The number of aromatic nitrogens is 1. The Morgan fingerprint density at radius 3 is 2.90 bits per heavy atom. The summed E-state index contributed by atoms with van der Waals surface area (Å²) in [6, 6.07) is 6.31. The average Bonchev–Trinajstić information content (AvgIpc) is 2.98. The molecule has 0 spiro atoms. The van der Waals surface area contributed by atoms with Crippen LogP contribution < -0.4 is 15.4 Å². The highest BCUT2D eigenvalue weighted by atomic mass is 16.5. The zero-order valence-electron chi connectivity index (χ0n) is 12.4. The van der Waals surface area contributed by atoms with E-state index in [1.807, 2.05) is 18.2 Å². The van der Waals surface area contributed by atoms with Crippen molar-refractivity contribution < 1.29 is 4.74 Å². The Hall–Kier alpha value is -1.78. The van der Waals surface area contributed by atoms with E-state index < -0.39 is 0 Å². The number of pyridine rings is 1. The van der Waals surface area contributed by atoms with Gasteiger partial charge in [0.2, 0.25) is 5.88 Å². The lowest BCUT2D eigenvalue weighted by Gasteiger charge is -2.16. The second-order valence-corrected chi connectivity index (χ2v) is 4.99. The third-order valence-electron chi connectivity index (χ3n) is 3.43. The number of hydrogen-bond acceptors (Lipinski definition) is 3. The largest absolute Gasteiger partial charge is 0.481 e. The molecule has 0 aromatic carbocycles. The predicted molar refractivity (Wildman–Crippen MR) is 81.0 cm³/mol. The van der Waals surface area contributed by atoms with E-state index in [9.17, 15) is 0 Å². The number of rotatable bonds is 5. The summed E-state index contributed by atoms with van der Waals surface area (Å²) in [5.74, 6) is 1.51. The smallest absolute Gasteiger partial charge is 0.213 e. The van der Waals surface area contributed by atoms with Gasteiger partial charge in [-0.2, -0.15) is 0 Å². The van der Waals surface area contributed by atoms with Crippen molar-refractivity contribution in [2.45, 2.75) is 45.2 Å². The highest BCUT2D eigenvalue weighted by Crippen LogP contribution is 2.17. The predicted octanol–water partition coefficient (Wildman–Crippen LogP) is 2.09. The van der Waals surface area contributed by atoms with Crippen molar-refractivity contribution in [1.29, 1.82) is 0 Å². The van der Waals surface area contributed by atoms with Crippen molar-refractivity contribution >= 4 is 5.96 Å². The first-order valence-electron chi connectivity index (χ1n) is 7.36. The summed E-state index contributed by atoms with van der Waals surface area (Å²) in [6.07, 6.45) is 5.10. The van der Waals surface area contributed by atoms with E-state index in [-0.39, 0.29) is 0 Å². The normalized spacial score (nSPS) is 16.2. The third-order valence-corrected chi connectivity index (χ3v) is 3.43. The first-order chi connectivity index (χ1) is 9.81. The van der Waals surface area contributed by atoms with Crippen LogP contribution in [0.25, 0.3) is 0 Å². The van der Waals surface area contributed by atoms with Crippen LogP contribution in [0.4, 0.5) is 0 Å². The molecule has 0 bridgehead atoms. The maximum atomic E-state index is 5.13. The Morgan fingerprint density at radius 1 is 1.40 bits per heavy atom. The van der Waals surface area contributed by atoms with Crippen molar-refractivity contribution in [2.24, 2.45) is 4.99 Å². The number of aliphatic imine (C=N–C) groups is 1. The SMILES string of the molecule is CCNC(=NCc1cccc(OC)n1)NC1CCCC1. The number of nitrogens with one attached hydrogen (secondary N) is 2. The Kier molecular flexibility index (Phi) is 5.65. The minimum Gasteiger partial charge on any atom is -0.481 e. The molecule has 0 aliphatic heterocycles. The molecule has 5 heteroatoms. The van der Waals surface area contributed by atoms with Gasteiger partial charge < -0.3 is 15.4 Å². The summed E-state index contributed by atoms with van der Waals surface area (Å²) >= 11 is 0. The first kappa shape index (κ1) is 14.6. The zero-order chi connectivity index (χ0) is 14.2. The molecule has 1 aromatic rings. The molecule has 1 fully saturated rings. The average molecular weight is 276 g/mol. The molecule has 1 aliphatic carbocycles. The summed E-state index contributed by atoms with van der Waals surface area (Å²) < 4.78 is 5.13. The van der Waals surface area contributed by atoms with Crippen LogP contribution in [-0.4, -0.2) is 30.6 Å². The Balaban J connectivity index is 1.96. The summed E-state index contributed by atoms with van der Waals surface area (Å²) in [6.45, 7) is 3.50. The van der Waals surface area contributed by atoms with Gasteiger partial charge >= 0.3 is 0 Å². The summed E-state index contributed by atoms with van der Waals surface area (Å²) in [5, 5.41) is 6.78. The van der Waals surface area contributed by atoms with E-state index >= 15 is 0 Å². The maximum Gasteiger partial charge on any atom is 0.213 e. The van der Waals surface area contributed by atoms with E-state index in [2.05, 4.69) is 27.5 Å². The van der Waals surface area contributed by atoms with E-state index in [1.54, 1.807) is 7.11 Å². The van der Waals surface area contributed by atoms with Gasteiger partial charge in [0.1, 0.15) is 0 Å². The molecule has 0 amide bonds. The van der Waals surface area contributed by atoms with Crippen LogP contribution in [0.5, 0.6) is 5.88 Å². The van der Waals surface area contributed by atoms with Crippen molar-refractivity contribution in [1.82, 2.24) is 15.6 Å². The van der Waals surface area contributed by atoms with E-state index in [4.69, 9.17) is 4.74 Å². The standard InChI is InChI=1S/C15H24N4O/c1-3-16-15(19-12-7-4-5-8-12)17-11-13-9-6-10-14(18-13)20-2/h6,9-10,12H,3-5,7-8,11H2,1-2H3,(H2,16,17,19). The maximum absolute atomic E-state index is 5.13. The molecule has 20 heavy (non-hydrogen) atoms. The van der Waals surface area contributed by atoms with Gasteiger partial charge in [-0.15, -0.1) is 0 Å². The van der Waals surface area contributed by atoms with Crippen LogP contribution in [0.1, 0.15) is 38.3 Å². The Morgan fingerprint density at radius 2 is 2.20 bits per heavy atom. The fourth-order valence-electron chi connectivity index (χ4n) is 2.40. The molecule has 1 aliphatic rings. The van der Waals surface area contributed by atoms with Gasteiger partial charge in [0.15, 0.2) is 5.96 Å². The Bertz CT molecular complexity index is 441. The van der Waals surface area contributed by atoms with Gasteiger partial charge in [0.05, 0.1) is 19.3 Å². The molecule has 0 saturated heterocycles. The lowest BCUT2D eigenvalue weighted by Crippen LogP contribution is -2.42. The third kappa shape index (κ3) is 4.40. The molecule has 5 nitrogen and oxygen atoms in total. The summed E-state index contributed by atoms with van der Waals surface area (Å²) in [5.41, 5.74) is 0.910. The van der Waals surface area contributed by atoms with Crippen molar-refractivity contribution in [3.05, 3.63) is 23.9 Å². The first-order valence-corrected chi connectivity index (χ1v) is 7.36. The molecular formula is C15H24N4O. The van der Waals surface area contributed by atoms with E-state index in [1.165, 1.54) is 25.7 Å². The second kappa shape index (κ2) is 7.72. The highest BCUT2D eigenvalue weighted by Gasteiger charge is 2.15. The highest BCUT2D eigenvalue weighted by molar-refractivity contribution is 5.80. The lowest BCUT2D eigenvalue weighted by atomic mass is 10.2. The molecule has 1 saturated carbocycles. The van der Waals surface area contributed by atoms with Gasteiger partial charge in [-0.25, -0.2) is 9.98 Å². The zero-order valence-corrected chi connectivity index (χ0v) is 12.4. The van der Waals surface area contributed by atoms with Crippen LogP contribution in [0.15, 0.2) is 23.2 Å². The molecule has 2 N–H and O–H groups in total. The molecule has 2 rings (SSSR count). The van der Waals surface area contributed by atoms with E-state index in [0.717, 1.165) is 18.2 Å². The number of hydrogen-bond donors (Lipinski definition) is 2. The molecule has 1 aromatic heterocycles. The fraction of sp³-hybridized carbons (Fsp3) is 0.600. The minimum atomic E-state index is 0.555. The van der Waals surface area contributed by atoms with Gasteiger partial charge in [-0.3, -0.25) is 0 Å². The Labute approximate surface area is 120 Å². The topological polar surface area (TPSA) is 58.5 Å². The van der Waals surface area contributed by atoms with Crippen molar-refractivity contribution in [3.63, 3.8) is 0 Å². The van der Waals surface area contributed by atoms with Gasteiger partial charge in [0, 0.05) is 18.7 Å². The van der Waals surface area contributed by atoms with E-state index in [0.29, 0.717) is 18.5 Å². The molecule has 1 heterocycles. The number of ether oxygens (including phenoxy) is 1. The van der Waals surface area contributed by atoms with Crippen molar-refractivity contribution in [3.8, 4) is 5.88 Å². The summed E-state index contributed by atoms with van der Waals surface area (Å²) in [7, 11) is 1.63. The van der Waals surface area contributed by atoms with Crippen LogP contribution in [-0.2, 0) is 6.54 Å². The summed E-state index contributed by atoms with van der Waals surface area (Å²) in [4.78, 5) is 8.97. The van der Waals surface area contributed by atoms with Crippen LogP contribution in [0.2, 0.25) is 0 Å². The molecule has 0 radical (unpaired) electrons. The quantitative estimate of drug-likeness (QED) is 0.638. The monoisotopic (exact) mass is 276 g/mol. The lowest BCUT2D eigenvalue weighted by molar-refractivity contribution is 0.396. The second-order valence-electron chi connectivity index (χ2n) is 4.99. The molecule has 110 valence electrons. The van der Waals surface area contributed by atoms with Crippen LogP contribution in [0, 0.1) is 0 Å². The molecular weight excluding hydrogens is 252 g/mol. The van der Waals surface area contributed by atoms with Crippen LogP contribution >= 0.6 is 0 Å². The number of nitrogens with zero attached hydrogens (tertiary/aromatic N) is 2. The fourth-order valence-corrected chi connectivity index (χ4v) is 2.40. The number of methoxy groups -OCH3 is 1. The van der Waals surface area contributed by atoms with Crippen LogP contribution in [0.3, 0.4) is 0 Å². The van der Waals surface area contributed by atoms with Gasteiger partial charge in [-0.1, -0.05) is 18.9 Å². The van der Waals surface area contributed by atoms with Crippen molar-refractivity contribution in [2.75, 3.05) is 13.7 Å². The molecule has 0 unspecified atom stereocenters. The van der Waals surface area contributed by atoms with Gasteiger partial charge in [0.25, 0.3) is 0 Å².